The van der Waals surface area contributed by atoms with Gasteiger partial charge in [-0.15, -0.1) is 0 Å². The summed E-state index contributed by atoms with van der Waals surface area (Å²) in [5.41, 5.74) is 9.45. The summed E-state index contributed by atoms with van der Waals surface area (Å²) in [6.07, 6.45) is 7.67. The number of nitrogens with zero attached hydrogens (tertiary/aromatic N) is 5. The van der Waals surface area contributed by atoms with E-state index < -0.39 is 0 Å². The van der Waals surface area contributed by atoms with Gasteiger partial charge in [-0.2, -0.15) is 5.10 Å². The molecule has 2 aromatic carbocycles. The Balaban J connectivity index is 1.42. The van der Waals surface area contributed by atoms with Gasteiger partial charge >= 0.3 is 0 Å². The maximum Gasteiger partial charge on any atom is 0.255 e. The van der Waals surface area contributed by atoms with E-state index in [-0.39, 0.29) is 18.7 Å². The second kappa shape index (κ2) is 9.45. The van der Waals surface area contributed by atoms with Gasteiger partial charge in [-0.05, 0) is 50.2 Å². The molecule has 0 aliphatic carbocycles. The van der Waals surface area contributed by atoms with Crippen molar-refractivity contribution >= 4 is 28.4 Å². The van der Waals surface area contributed by atoms with E-state index in [9.17, 15) is 4.79 Å². The highest BCUT2D eigenvalue weighted by Crippen LogP contribution is 2.48. The number of hydrogen-bond donors (Lipinski definition) is 2. The summed E-state index contributed by atoms with van der Waals surface area (Å²) >= 11 is 0. The summed E-state index contributed by atoms with van der Waals surface area (Å²) in [7, 11) is 0. The first-order valence-electron chi connectivity index (χ1n) is 12.3. The molecule has 1 amide bonds. The SMILES string of the molecule is CC=CN1CCC[C@@H](n2nc(-c3ccc(NC(=O)c4ccccc4)c4c3OCO4)c3c(N)ncnc32)C1. The molecule has 2 aliphatic rings. The van der Waals surface area contributed by atoms with Gasteiger partial charge in [0.1, 0.15) is 17.8 Å². The molecule has 1 fully saturated rings. The van der Waals surface area contributed by atoms with Crippen LogP contribution in [0.1, 0.15) is 36.2 Å². The highest BCUT2D eigenvalue weighted by molar-refractivity contribution is 6.06. The lowest BCUT2D eigenvalue weighted by molar-refractivity contribution is 0.102. The average Bonchev–Trinajstić information content (AvgIpc) is 3.57. The molecule has 10 nitrogen and oxygen atoms in total. The van der Waals surface area contributed by atoms with Gasteiger partial charge in [-0.25, -0.2) is 14.6 Å². The normalized spacial score (nSPS) is 17.0. The Labute approximate surface area is 213 Å². The van der Waals surface area contributed by atoms with Gasteiger partial charge in [-0.1, -0.05) is 24.3 Å². The summed E-state index contributed by atoms with van der Waals surface area (Å²) in [5, 5.41) is 8.61. The maximum absolute atomic E-state index is 12.8. The number of allylic oxidation sites excluding steroid dienone is 1. The Hall–Kier alpha value is -4.60. The minimum absolute atomic E-state index is 0.0338. The molecule has 2 aromatic heterocycles. The monoisotopic (exact) mass is 497 g/mol. The van der Waals surface area contributed by atoms with E-state index in [4.69, 9.17) is 20.3 Å². The number of benzene rings is 2. The summed E-state index contributed by atoms with van der Waals surface area (Å²) in [4.78, 5) is 23.9. The molecule has 2 aliphatic heterocycles. The first-order valence-corrected chi connectivity index (χ1v) is 12.3. The molecule has 4 heterocycles. The van der Waals surface area contributed by atoms with Crippen LogP contribution in [0.2, 0.25) is 0 Å². The number of amides is 1. The Morgan fingerprint density at radius 3 is 2.81 bits per heavy atom. The number of aromatic nitrogens is 4. The van der Waals surface area contributed by atoms with Crippen LogP contribution < -0.4 is 20.5 Å². The minimum Gasteiger partial charge on any atom is -0.453 e. The zero-order valence-corrected chi connectivity index (χ0v) is 20.4. The second-order valence-electron chi connectivity index (χ2n) is 9.07. The van der Waals surface area contributed by atoms with E-state index in [1.165, 1.54) is 6.33 Å². The highest BCUT2D eigenvalue weighted by Gasteiger charge is 2.30. The lowest BCUT2D eigenvalue weighted by atomic mass is 10.1. The molecule has 1 saturated heterocycles. The van der Waals surface area contributed by atoms with Crippen molar-refractivity contribution in [2.24, 2.45) is 0 Å². The molecular formula is C27H27N7O3. The predicted octanol–water partition coefficient (Wildman–Crippen LogP) is 4.23. The Morgan fingerprint density at radius 2 is 1.97 bits per heavy atom. The van der Waals surface area contributed by atoms with Crippen LogP contribution in [0.15, 0.2) is 61.1 Å². The zero-order valence-electron chi connectivity index (χ0n) is 20.4. The first-order chi connectivity index (χ1) is 18.1. The zero-order chi connectivity index (χ0) is 25.4. The van der Waals surface area contributed by atoms with E-state index in [1.807, 2.05) is 41.9 Å². The summed E-state index contributed by atoms with van der Waals surface area (Å²) in [6, 6.07) is 12.8. The van der Waals surface area contributed by atoms with Crippen LogP contribution in [0.3, 0.4) is 0 Å². The van der Waals surface area contributed by atoms with Gasteiger partial charge in [0.05, 0.1) is 17.1 Å². The van der Waals surface area contributed by atoms with Crippen LogP contribution in [0.25, 0.3) is 22.3 Å². The molecule has 6 rings (SSSR count). The third-order valence-electron chi connectivity index (χ3n) is 6.71. The molecule has 0 unspecified atom stereocenters. The van der Waals surface area contributed by atoms with Crippen LogP contribution in [0.5, 0.6) is 11.5 Å². The van der Waals surface area contributed by atoms with Gasteiger partial charge in [0.25, 0.3) is 5.91 Å². The molecule has 10 heteroatoms. The van der Waals surface area contributed by atoms with Crippen molar-refractivity contribution in [3.8, 4) is 22.8 Å². The van der Waals surface area contributed by atoms with E-state index in [1.54, 1.807) is 18.2 Å². The van der Waals surface area contributed by atoms with E-state index in [0.717, 1.165) is 25.9 Å². The molecule has 188 valence electrons. The third kappa shape index (κ3) is 4.10. The summed E-state index contributed by atoms with van der Waals surface area (Å²) < 4.78 is 13.6. The van der Waals surface area contributed by atoms with Crippen molar-refractivity contribution < 1.29 is 14.3 Å². The average molecular weight is 498 g/mol. The molecule has 0 saturated carbocycles. The van der Waals surface area contributed by atoms with Crippen LogP contribution in [0, 0.1) is 0 Å². The molecule has 0 spiro atoms. The van der Waals surface area contributed by atoms with Crippen LogP contribution in [0.4, 0.5) is 11.5 Å². The van der Waals surface area contributed by atoms with Crippen LogP contribution in [-0.2, 0) is 0 Å². The molecule has 0 radical (unpaired) electrons. The second-order valence-corrected chi connectivity index (χ2v) is 9.07. The van der Waals surface area contributed by atoms with E-state index in [0.29, 0.717) is 50.9 Å². The number of fused-ring (bicyclic) bond motifs is 2. The van der Waals surface area contributed by atoms with Gasteiger partial charge in [0.2, 0.25) is 6.79 Å². The number of carbonyl (C=O) groups excluding carboxylic acids is 1. The Bertz CT molecular complexity index is 1500. The Kier molecular flexibility index (Phi) is 5.84. The summed E-state index contributed by atoms with van der Waals surface area (Å²) in [6.45, 7) is 3.89. The van der Waals surface area contributed by atoms with Gasteiger partial charge in [0, 0.05) is 24.2 Å². The number of piperidine rings is 1. The lowest BCUT2D eigenvalue weighted by Gasteiger charge is -2.32. The molecule has 4 aromatic rings. The van der Waals surface area contributed by atoms with E-state index >= 15 is 0 Å². The number of anilines is 2. The Morgan fingerprint density at radius 1 is 1.14 bits per heavy atom. The standard InChI is InChI=1S/C27H27N7O3/c1-2-12-33-13-6-9-18(14-33)34-26-21(25(28)29-15-30-26)22(32-34)19-10-11-20(24-23(19)36-16-37-24)31-27(35)17-7-4-3-5-8-17/h2-5,7-8,10-12,15,18H,6,9,13-14,16H2,1H3,(H,31,35)(H2,28,29,30)/t18-/m1/s1. The maximum atomic E-state index is 12.8. The molecule has 1 atom stereocenters. The smallest absolute Gasteiger partial charge is 0.255 e. The van der Waals surface area contributed by atoms with Crippen molar-refractivity contribution in [3.63, 3.8) is 0 Å². The van der Waals surface area contributed by atoms with Crippen molar-refractivity contribution in [2.45, 2.75) is 25.8 Å². The van der Waals surface area contributed by atoms with Crippen molar-refractivity contribution in [1.82, 2.24) is 24.6 Å². The van der Waals surface area contributed by atoms with Crippen molar-refractivity contribution in [1.29, 1.82) is 0 Å². The van der Waals surface area contributed by atoms with Crippen LogP contribution >= 0.6 is 0 Å². The van der Waals surface area contributed by atoms with Gasteiger partial charge in [-0.3, -0.25) is 4.79 Å². The third-order valence-corrected chi connectivity index (χ3v) is 6.71. The number of nitrogens with two attached hydrogens (primary N) is 1. The quantitative estimate of drug-likeness (QED) is 0.420. The highest BCUT2D eigenvalue weighted by atomic mass is 16.7. The van der Waals surface area contributed by atoms with Crippen molar-refractivity contribution in [3.05, 3.63) is 66.6 Å². The lowest BCUT2D eigenvalue weighted by Crippen LogP contribution is -2.33. The number of carbonyl (C=O) groups is 1. The van der Waals surface area contributed by atoms with Gasteiger partial charge in [0.15, 0.2) is 17.1 Å². The fourth-order valence-corrected chi connectivity index (χ4v) is 5.03. The molecule has 37 heavy (non-hydrogen) atoms. The summed E-state index contributed by atoms with van der Waals surface area (Å²) in [5.74, 6) is 1.07. The fraction of sp³-hybridized carbons (Fsp3) is 0.259. The predicted molar refractivity (Wildman–Crippen MR) is 140 cm³/mol. The number of hydrogen-bond acceptors (Lipinski definition) is 8. The topological polar surface area (TPSA) is 120 Å². The van der Waals surface area contributed by atoms with Crippen LogP contribution in [-0.4, -0.2) is 50.4 Å². The number of nitrogens with one attached hydrogen (secondary N) is 1. The first kappa shape index (κ1) is 22.8. The van der Waals surface area contributed by atoms with Crippen molar-refractivity contribution in [2.75, 3.05) is 30.9 Å². The fourth-order valence-electron chi connectivity index (χ4n) is 5.03. The number of rotatable bonds is 5. The number of likely N-dealkylation sites (tertiary alicyclic amines) is 1. The molecule has 0 bridgehead atoms. The van der Waals surface area contributed by atoms with Gasteiger partial charge < -0.3 is 25.4 Å². The number of nitrogen functional groups attached to an aromatic ring is 1. The largest absolute Gasteiger partial charge is 0.453 e. The van der Waals surface area contributed by atoms with E-state index in [2.05, 4.69) is 26.4 Å². The minimum atomic E-state index is -0.235. The molecular weight excluding hydrogens is 470 g/mol. The number of ether oxygens (including phenoxy) is 2. The molecule has 3 N–H and O–H groups in total.